The zero-order valence-corrected chi connectivity index (χ0v) is 16.4. The number of rotatable bonds is 6. The van der Waals surface area contributed by atoms with Crippen LogP contribution in [-0.2, 0) is 14.4 Å². The first-order chi connectivity index (χ1) is 15.6. The Labute approximate surface area is 183 Å². The van der Waals surface area contributed by atoms with E-state index in [1.807, 2.05) is 0 Å². The van der Waals surface area contributed by atoms with Gasteiger partial charge in [0.15, 0.2) is 11.6 Å². The number of nitrogens with one attached hydrogen (secondary N) is 1. The number of hydrogen-bond donors (Lipinski definition) is 3. The van der Waals surface area contributed by atoms with Gasteiger partial charge in [-0.2, -0.15) is 0 Å². The molecule has 0 spiro atoms. The smallest absolute Gasteiger partial charge is 0.282 e. The molecule has 0 saturated carbocycles. The summed E-state index contributed by atoms with van der Waals surface area (Å²) in [4.78, 5) is 59.9. The highest BCUT2D eigenvalue weighted by atomic mass is 16.6. The molecule has 2 aromatic carbocycles. The number of anilines is 2. The van der Waals surface area contributed by atoms with Gasteiger partial charge in [0.1, 0.15) is 0 Å². The molecule has 1 atom stereocenters. The van der Waals surface area contributed by atoms with Gasteiger partial charge in [0.05, 0.1) is 15.5 Å². The fourth-order valence-electron chi connectivity index (χ4n) is 2.93. The molecule has 1 aliphatic rings. The number of benzene rings is 2. The van der Waals surface area contributed by atoms with Crippen molar-refractivity contribution in [1.29, 1.82) is 0 Å². The molecule has 2 aromatic rings. The zero-order valence-electron chi connectivity index (χ0n) is 16.4. The average Bonchev–Trinajstić information content (AvgIpc) is 3.01. The molecule has 0 radical (unpaired) electrons. The van der Waals surface area contributed by atoms with Crippen LogP contribution in [0.15, 0.2) is 58.7 Å². The molecule has 0 bridgehead atoms. The summed E-state index contributed by atoms with van der Waals surface area (Å²) < 4.78 is 0. The zero-order chi connectivity index (χ0) is 24.3. The van der Waals surface area contributed by atoms with Crippen LogP contribution in [0, 0.1) is 26.1 Å². The Bertz CT molecular complexity index is 1250. The number of nitro benzene ring substituents is 2. The monoisotopic (exact) mass is 454 g/mol. The van der Waals surface area contributed by atoms with Crippen LogP contribution in [-0.4, -0.2) is 39.2 Å². The summed E-state index contributed by atoms with van der Waals surface area (Å²) in [6.45, 7) is 0. The van der Waals surface area contributed by atoms with E-state index < -0.39 is 50.8 Å². The van der Waals surface area contributed by atoms with E-state index in [-0.39, 0.29) is 17.1 Å². The molecule has 3 rings (SSSR count). The molecule has 168 valence electrons. The molecule has 0 unspecified atom stereocenters. The maximum Gasteiger partial charge on any atom is 0.282 e. The number of guanidine groups is 1. The number of imide groups is 1. The molecule has 15 nitrogen and oxygen atoms in total. The molecule has 3 amide bonds. The third-order valence-electron chi connectivity index (χ3n) is 4.32. The number of non-ortho nitro benzene ring substituents is 2. The van der Waals surface area contributed by atoms with Gasteiger partial charge in [-0.15, -0.1) is 10.2 Å². The Morgan fingerprint density at radius 3 is 2.21 bits per heavy atom. The standard InChI is InChI=1S/C18H14N8O7/c19-18(20)23-22-14-13(15(27)21-9-3-1-5-11(7-9)25(30)31)16(28)24(17(14)29)10-4-2-6-12(8-10)26(32)33/h1-8,13H,(H,21,27)(H4,19,20,23)/b22-14+/t13-/m0/s1. The van der Waals surface area contributed by atoms with Crippen molar-refractivity contribution in [3.8, 4) is 0 Å². The second-order valence-corrected chi connectivity index (χ2v) is 6.50. The van der Waals surface area contributed by atoms with Crippen LogP contribution in [0.1, 0.15) is 0 Å². The molecule has 0 aromatic heterocycles. The SMILES string of the molecule is NC(N)=N/N=C1/C(=O)N(c2cccc([N+](=O)[O-])c2)C(=O)[C@@H]1C(=O)Nc1cccc([N+](=O)[O-])c1. The maximum absolute atomic E-state index is 13.0. The van der Waals surface area contributed by atoms with Crippen LogP contribution in [0.4, 0.5) is 22.7 Å². The third-order valence-corrected chi connectivity index (χ3v) is 4.32. The van der Waals surface area contributed by atoms with E-state index in [0.29, 0.717) is 4.90 Å². The van der Waals surface area contributed by atoms with Gasteiger partial charge in [0, 0.05) is 30.0 Å². The molecule has 1 fully saturated rings. The summed E-state index contributed by atoms with van der Waals surface area (Å²) in [5, 5.41) is 31.2. The van der Waals surface area contributed by atoms with E-state index in [2.05, 4.69) is 15.5 Å². The van der Waals surface area contributed by atoms with Crippen LogP contribution >= 0.6 is 0 Å². The molecular weight excluding hydrogens is 440 g/mol. The Morgan fingerprint density at radius 2 is 1.61 bits per heavy atom. The predicted octanol–water partition coefficient (Wildman–Crippen LogP) is 0.261. The maximum atomic E-state index is 13.0. The van der Waals surface area contributed by atoms with Crippen molar-refractivity contribution in [2.45, 2.75) is 0 Å². The number of carbonyl (C=O) groups excluding carboxylic acids is 3. The summed E-state index contributed by atoms with van der Waals surface area (Å²) in [6, 6.07) is 9.49. The van der Waals surface area contributed by atoms with Crippen LogP contribution in [0.25, 0.3) is 0 Å². The van der Waals surface area contributed by atoms with Crippen LogP contribution in [0.5, 0.6) is 0 Å². The van der Waals surface area contributed by atoms with Crippen molar-refractivity contribution in [2.24, 2.45) is 27.6 Å². The highest BCUT2D eigenvalue weighted by Gasteiger charge is 2.50. The molecule has 33 heavy (non-hydrogen) atoms. The number of carbonyl (C=O) groups is 3. The van der Waals surface area contributed by atoms with Crippen LogP contribution in [0.3, 0.4) is 0 Å². The summed E-state index contributed by atoms with van der Waals surface area (Å²) >= 11 is 0. The van der Waals surface area contributed by atoms with E-state index in [1.54, 1.807) is 0 Å². The molecule has 1 heterocycles. The fraction of sp³-hybridized carbons (Fsp3) is 0.0556. The Kier molecular flexibility index (Phi) is 6.05. The van der Waals surface area contributed by atoms with Crippen molar-refractivity contribution in [3.63, 3.8) is 0 Å². The highest BCUT2D eigenvalue weighted by Crippen LogP contribution is 2.29. The molecular formula is C18H14N8O7. The number of nitrogens with two attached hydrogens (primary N) is 2. The second-order valence-electron chi connectivity index (χ2n) is 6.50. The topological polar surface area (TPSA) is 230 Å². The largest absolute Gasteiger partial charge is 0.369 e. The lowest BCUT2D eigenvalue weighted by molar-refractivity contribution is -0.385. The number of nitrogens with zero attached hydrogens (tertiary/aromatic N) is 5. The van der Waals surface area contributed by atoms with Crippen molar-refractivity contribution < 1.29 is 24.2 Å². The van der Waals surface area contributed by atoms with E-state index in [1.165, 1.54) is 30.3 Å². The van der Waals surface area contributed by atoms with Gasteiger partial charge in [-0.25, -0.2) is 4.90 Å². The number of hydrogen-bond acceptors (Lipinski definition) is 9. The molecule has 5 N–H and O–H groups in total. The number of amides is 3. The summed E-state index contributed by atoms with van der Waals surface area (Å²) in [6.07, 6.45) is 0. The highest BCUT2D eigenvalue weighted by molar-refractivity contribution is 6.61. The first-order valence-electron chi connectivity index (χ1n) is 8.94. The van der Waals surface area contributed by atoms with Gasteiger partial charge >= 0.3 is 0 Å². The fourth-order valence-corrected chi connectivity index (χ4v) is 2.93. The summed E-state index contributed by atoms with van der Waals surface area (Å²) in [7, 11) is 0. The van der Waals surface area contributed by atoms with Crippen molar-refractivity contribution in [3.05, 3.63) is 68.8 Å². The quantitative estimate of drug-likeness (QED) is 0.135. The number of nitro groups is 2. The van der Waals surface area contributed by atoms with Gasteiger partial charge < -0.3 is 16.8 Å². The minimum absolute atomic E-state index is 0.0237. The Hall–Kier alpha value is -5.21. The molecule has 15 heteroatoms. The van der Waals surface area contributed by atoms with Gasteiger partial charge in [-0.1, -0.05) is 12.1 Å². The van der Waals surface area contributed by atoms with Gasteiger partial charge in [0.25, 0.3) is 23.2 Å². The molecule has 1 saturated heterocycles. The lowest BCUT2D eigenvalue weighted by atomic mass is 10.0. The van der Waals surface area contributed by atoms with Crippen LogP contribution in [0.2, 0.25) is 0 Å². The van der Waals surface area contributed by atoms with E-state index in [0.717, 1.165) is 18.2 Å². The first kappa shape index (κ1) is 22.5. The molecule has 0 aliphatic carbocycles. The minimum atomic E-state index is -1.83. The average molecular weight is 454 g/mol. The minimum Gasteiger partial charge on any atom is -0.369 e. The second kappa shape index (κ2) is 8.88. The normalized spacial score (nSPS) is 16.5. The lowest BCUT2D eigenvalue weighted by Crippen LogP contribution is -2.34. The van der Waals surface area contributed by atoms with Gasteiger partial charge in [-0.3, -0.25) is 34.6 Å². The Morgan fingerprint density at radius 1 is 1.00 bits per heavy atom. The molecule has 1 aliphatic heterocycles. The summed E-state index contributed by atoms with van der Waals surface area (Å²) in [5.41, 5.74) is 8.84. The first-order valence-corrected chi connectivity index (χ1v) is 8.94. The van der Waals surface area contributed by atoms with E-state index >= 15 is 0 Å². The van der Waals surface area contributed by atoms with Gasteiger partial charge in [0.2, 0.25) is 11.9 Å². The lowest BCUT2D eigenvalue weighted by Gasteiger charge is -2.14. The van der Waals surface area contributed by atoms with Crippen molar-refractivity contribution >= 4 is 52.1 Å². The summed E-state index contributed by atoms with van der Waals surface area (Å²) in [5.74, 6) is -5.60. The van der Waals surface area contributed by atoms with E-state index in [9.17, 15) is 34.6 Å². The third kappa shape index (κ3) is 4.61. The van der Waals surface area contributed by atoms with Crippen molar-refractivity contribution in [2.75, 3.05) is 10.2 Å². The van der Waals surface area contributed by atoms with Crippen LogP contribution < -0.4 is 21.7 Å². The Balaban J connectivity index is 2.02. The van der Waals surface area contributed by atoms with Gasteiger partial charge in [-0.05, 0) is 12.1 Å². The van der Waals surface area contributed by atoms with E-state index in [4.69, 9.17) is 11.5 Å². The van der Waals surface area contributed by atoms with Crippen molar-refractivity contribution in [1.82, 2.24) is 0 Å². The predicted molar refractivity (Wildman–Crippen MR) is 114 cm³/mol.